The van der Waals surface area contributed by atoms with Crippen LogP contribution in [0.4, 0.5) is 0 Å². The van der Waals surface area contributed by atoms with Gasteiger partial charge in [0.2, 0.25) is 0 Å². The molecule has 0 aliphatic carbocycles. The zero-order valence-electron chi connectivity index (χ0n) is 7.59. The van der Waals surface area contributed by atoms with E-state index >= 15 is 0 Å². The molecule has 12 heavy (non-hydrogen) atoms. The maximum Gasteiger partial charge on any atom is 0 e. The Morgan fingerprint density at radius 3 is 1.58 bits per heavy atom. The SMILES string of the molecule is C.CC.[CH2-]c1ccc(C)cc1.[Y]. The predicted octanol–water partition coefficient (Wildman–Crippen LogP) is 3.84. The molecule has 0 amide bonds. The second kappa shape index (κ2) is 11.2. The number of hydrogen-bond donors (Lipinski definition) is 0. The van der Waals surface area contributed by atoms with Gasteiger partial charge in [0, 0.05) is 32.7 Å². The van der Waals surface area contributed by atoms with Crippen molar-refractivity contribution in [3.05, 3.63) is 42.3 Å². The van der Waals surface area contributed by atoms with E-state index < -0.39 is 0 Å². The van der Waals surface area contributed by atoms with Crippen molar-refractivity contribution < 1.29 is 32.7 Å². The van der Waals surface area contributed by atoms with Crippen LogP contribution < -0.4 is 0 Å². The molecule has 1 radical (unpaired) electrons. The third-order valence-electron chi connectivity index (χ3n) is 1.12. The molecule has 0 fully saturated rings. The molecule has 1 aromatic rings. The van der Waals surface area contributed by atoms with Crippen molar-refractivity contribution in [2.75, 3.05) is 0 Å². The summed E-state index contributed by atoms with van der Waals surface area (Å²) in [5.41, 5.74) is 2.37. The first-order valence-electron chi connectivity index (χ1n) is 3.67. The van der Waals surface area contributed by atoms with Crippen LogP contribution in [0.2, 0.25) is 0 Å². The largest absolute Gasteiger partial charge is 0.199 e. The molecule has 67 valence electrons. The molecule has 0 spiro atoms. The van der Waals surface area contributed by atoms with Crippen molar-refractivity contribution in [3.63, 3.8) is 0 Å². The molecular weight excluding hydrogens is 221 g/mol. The molecule has 0 aliphatic rings. The summed E-state index contributed by atoms with van der Waals surface area (Å²) >= 11 is 0. The van der Waals surface area contributed by atoms with Crippen molar-refractivity contribution >= 4 is 0 Å². The van der Waals surface area contributed by atoms with Crippen LogP contribution in [0.5, 0.6) is 0 Å². The molecule has 0 aliphatic heterocycles. The topological polar surface area (TPSA) is 0 Å². The molecule has 0 saturated heterocycles. The standard InChI is InChI=1S/C8H9.C2H6.CH4.Y/c1-7-3-5-8(2)6-4-7;1-2;;/h3-6H,1H2,2H3;1-2H3;1H4;/q-1;;;. The van der Waals surface area contributed by atoms with Gasteiger partial charge in [-0.3, -0.25) is 0 Å². The average molecular weight is 240 g/mol. The molecule has 1 heteroatoms. The third kappa shape index (κ3) is 8.29. The van der Waals surface area contributed by atoms with Gasteiger partial charge in [0.25, 0.3) is 0 Å². The summed E-state index contributed by atoms with van der Waals surface area (Å²) in [6.07, 6.45) is 0. The molecule has 0 N–H and O–H groups in total. The second-order valence-electron chi connectivity index (χ2n) is 1.99. The Labute approximate surface area is 103 Å². The van der Waals surface area contributed by atoms with Crippen LogP contribution in [-0.2, 0) is 32.7 Å². The molecule has 0 atom stereocenters. The van der Waals surface area contributed by atoms with Gasteiger partial charge in [0.05, 0.1) is 0 Å². The smallest absolute Gasteiger partial charge is 0 e. The van der Waals surface area contributed by atoms with E-state index in [1.807, 2.05) is 26.0 Å². The van der Waals surface area contributed by atoms with Crippen LogP contribution in [-0.4, -0.2) is 0 Å². The Morgan fingerprint density at radius 2 is 1.33 bits per heavy atom. The molecule has 0 aromatic heterocycles. The van der Waals surface area contributed by atoms with Gasteiger partial charge in [-0.25, -0.2) is 0 Å². The van der Waals surface area contributed by atoms with E-state index in [4.69, 9.17) is 0 Å². The van der Waals surface area contributed by atoms with E-state index in [0.717, 1.165) is 5.56 Å². The second-order valence-corrected chi connectivity index (χ2v) is 1.99. The van der Waals surface area contributed by atoms with Crippen molar-refractivity contribution in [1.82, 2.24) is 0 Å². The van der Waals surface area contributed by atoms with E-state index in [1.54, 1.807) is 0 Å². The van der Waals surface area contributed by atoms with Crippen LogP contribution in [0, 0.1) is 13.8 Å². The summed E-state index contributed by atoms with van der Waals surface area (Å²) in [5, 5.41) is 0. The van der Waals surface area contributed by atoms with Crippen molar-refractivity contribution in [2.45, 2.75) is 28.2 Å². The number of benzene rings is 1. The van der Waals surface area contributed by atoms with E-state index in [1.165, 1.54) is 5.56 Å². The molecule has 0 nitrogen and oxygen atoms in total. The van der Waals surface area contributed by atoms with Gasteiger partial charge in [-0.1, -0.05) is 26.8 Å². The van der Waals surface area contributed by atoms with Crippen LogP contribution in [0.1, 0.15) is 32.4 Å². The Kier molecular flexibility index (Phi) is 16.9. The van der Waals surface area contributed by atoms with Gasteiger partial charge in [0.1, 0.15) is 0 Å². The summed E-state index contributed by atoms with van der Waals surface area (Å²) in [5.74, 6) is 0. The molecule has 0 heterocycles. The first-order chi connectivity index (χ1) is 4.79. The van der Waals surface area contributed by atoms with Crippen molar-refractivity contribution in [1.29, 1.82) is 0 Å². The normalized spacial score (nSPS) is 6.58. The van der Waals surface area contributed by atoms with E-state index in [2.05, 4.69) is 26.0 Å². The van der Waals surface area contributed by atoms with Crippen LogP contribution in [0.3, 0.4) is 0 Å². The van der Waals surface area contributed by atoms with Crippen LogP contribution >= 0.6 is 0 Å². The summed E-state index contributed by atoms with van der Waals surface area (Å²) in [4.78, 5) is 0. The Morgan fingerprint density at radius 1 is 1.00 bits per heavy atom. The van der Waals surface area contributed by atoms with Crippen LogP contribution in [0.25, 0.3) is 0 Å². The first kappa shape index (κ1) is 18.1. The molecule has 0 saturated carbocycles. The fourth-order valence-corrected chi connectivity index (χ4v) is 0.588. The molecular formula is C11H19Y-. The minimum atomic E-state index is 0. The number of aryl methyl sites for hydroxylation is 1. The monoisotopic (exact) mass is 240 g/mol. The van der Waals surface area contributed by atoms with Crippen LogP contribution in [0.15, 0.2) is 24.3 Å². The first-order valence-corrected chi connectivity index (χ1v) is 3.67. The van der Waals surface area contributed by atoms with Gasteiger partial charge in [-0.15, -0.1) is 12.1 Å². The van der Waals surface area contributed by atoms with E-state index in [-0.39, 0.29) is 40.1 Å². The van der Waals surface area contributed by atoms with Gasteiger partial charge in [-0.05, 0) is 6.92 Å². The predicted molar refractivity (Wildman–Crippen MR) is 53.7 cm³/mol. The fourth-order valence-electron chi connectivity index (χ4n) is 0.588. The van der Waals surface area contributed by atoms with Gasteiger partial charge in [0.15, 0.2) is 0 Å². The molecule has 1 aromatic carbocycles. The summed E-state index contributed by atoms with van der Waals surface area (Å²) in [6, 6.07) is 8.13. The number of rotatable bonds is 0. The molecule has 0 bridgehead atoms. The van der Waals surface area contributed by atoms with Gasteiger partial charge < -0.3 is 0 Å². The summed E-state index contributed by atoms with van der Waals surface area (Å²) in [7, 11) is 0. The van der Waals surface area contributed by atoms with E-state index in [0.29, 0.717) is 0 Å². The molecule has 0 unspecified atom stereocenters. The molecule has 1 rings (SSSR count). The minimum Gasteiger partial charge on any atom is -0.199 e. The maximum absolute atomic E-state index is 3.76. The maximum atomic E-state index is 3.76. The average Bonchev–Trinajstić information content (AvgIpc) is 2.00. The van der Waals surface area contributed by atoms with Crippen molar-refractivity contribution in [2.24, 2.45) is 0 Å². The third-order valence-corrected chi connectivity index (χ3v) is 1.12. The quantitative estimate of drug-likeness (QED) is 0.604. The van der Waals surface area contributed by atoms with Gasteiger partial charge in [-0.2, -0.15) is 24.6 Å². The minimum absolute atomic E-state index is 0. The summed E-state index contributed by atoms with van der Waals surface area (Å²) in [6.45, 7) is 9.83. The van der Waals surface area contributed by atoms with Gasteiger partial charge >= 0.3 is 0 Å². The van der Waals surface area contributed by atoms with Crippen molar-refractivity contribution in [3.8, 4) is 0 Å². The van der Waals surface area contributed by atoms with E-state index in [9.17, 15) is 0 Å². The fraction of sp³-hybridized carbons (Fsp3) is 0.364. The number of hydrogen-bond acceptors (Lipinski definition) is 0. The Hall–Kier alpha value is 0.194. The Bertz CT molecular complexity index is 144. The Balaban J connectivity index is -0.000000189. The summed E-state index contributed by atoms with van der Waals surface area (Å²) < 4.78 is 0. The zero-order chi connectivity index (χ0) is 7.98. The zero-order valence-corrected chi connectivity index (χ0v) is 10.4.